The van der Waals surface area contributed by atoms with Crippen LogP contribution < -0.4 is 0 Å². The van der Waals surface area contributed by atoms with E-state index in [1.165, 1.54) is 0 Å². The van der Waals surface area contributed by atoms with E-state index in [1.54, 1.807) is 16.6 Å². The Hall–Kier alpha value is -1.85. The van der Waals surface area contributed by atoms with Gasteiger partial charge in [0.15, 0.2) is 0 Å². The molecule has 2 saturated heterocycles. The minimum atomic E-state index is -0.165. The van der Waals surface area contributed by atoms with Crippen molar-refractivity contribution in [2.75, 3.05) is 19.7 Å². The second kappa shape index (κ2) is 4.92. The van der Waals surface area contributed by atoms with Gasteiger partial charge in [-0.25, -0.2) is 0 Å². The van der Waals surface area contributed by atoms with Crippen molar-refractivity contribution >= 4 is 11.9 Å². The van der Waals surface area contributed by atoms with E-state index < -0.39 is 0 Å². The average Bonchev–Trinajstić information content (AvgIpc) is 3.07. The number of hydrogen-bond donors (Lipinski definition) is 0. The lowest BCUT2D eigenvalue weighted by atomic mass is 10.0. The van der Waals surface area contributed by atoms with Crippen LogP contribution in [-0.4, -0.2) is 46.3 Å². The SMILES string of the molecule is CCCc1cc(C(=O)N2C[C@@H]3COC(=O)[C@@H]3C2)n(C)n1. The van der Waals surface area contributed by atoms with Gasteiger partial charge in [0.2, 0.25) is 0 Å². The molecule has 1 aromatic heterocycles. The minimum Gasteiger partial charge on any atom is -0.465 e. The molecule has 0 N–H and O–H groups in total. The van der Waals surface area contributed by atoms with E-state index in [9.17, 15) is 9.59 Å². The molecule has 0 bridgehead atoms. The normalized spacial score (nSPS) is 24.9. The number of nitrogens with zero attached hydrogens (tertiary/aromatic N) is 3. The highest BCUT2D eigenvalue weighted by molar-refractivity contribution is 5.93. The van der Waals surface area contributed by atoms with Crippen LogP contribution in [0.4, 0.5) is 0 Å². The number of aromatic nitrogens is 2. The molecule has 0 saturated carbocycles. The molecule has 6 heteroatoms. The number of carbonyl (C=O) groups is 2. The van der Waals surface area contributed by atoms with Gasteiger partial charge in [0.25, 0.3) is 5.91 Å². The molecule has 0 spiro atoms. The Morgan fingerprint density at radius 1 is 1.50 bits per heavy atom. The van der Waals surface area contributed by atoms with Gasteiger partial charge < -0.3 is 9.64 Å². The molecule has 2 aliphatic heterocycles. The average molecular weight is 277 g/mol. The van der Waals surface area contributed by atoms with Crippen LogP contribution in [-0.2, 0) is 23.0 Å². The first-order valence-electron chi connectivity index (χ1n) is 7.09. The second-order valence-corrected chi connectivity index (χ2v) is 5.60. The molecule has 2 aliphatic rings. The maximum atomic E-state index is 12.5. The van der Waals surface area contributed by atoms with Gasteiger partial charge in [0.05, 0.1) is 18.2 Å². The van der Waals surface area contributed by atoms with Crippen molar-refractivity contribution in [2.45, 2.75) is 19.8 Å². The number of aryl methyl sites for hydroxylation is 2. The van der Waals surface area contributed by atoms with E-state index >= 15 is 0 Å². The van der Waals surface area contributed by atoms with Crippen LogP contribution in [0.3, 0.4) is 0 Å². The lowest BCUT2D eigenvalue weighted by Gasteiger charge is -2.16. The number of esters is 1. The Labute approximate surface area is 117 Å². The maximum Gasteiger partial charge on any atom is 0.311 e. The number of ether oxygens (including phenoxy) is 1. The van der Waals surface area contributed by atoms with Gasteiger partial charge >= 0.3 is 5.97 Å². The number of carbonyl (C=O) groups excluding carboxylic acids is 2. The highest BCUT2D eigenvalue weighted by atomic mass is 16.5. The van der Waals surface area contributed by atoms with E-state index in [2.05, 4.69) is 12.0 Å². The van der Waals surface area contributed by atoms with Crippen LogP contribution in [0.5, 0.6) is 0 Å². The molecular formula is C14H19N3O3. The highest BCUT2D eigenvalue weighted by Gasteiger charge is 2.45. The molecule has 6 nitrogen and oxygen atoms in total. The minimum absolute atomic E-state index is 0.0375. The van der Waals surface area contributed by atoms with Crippen molar-refractivity contribution < 1.29 is 14.3 Å². The predicted molar refractivity (Wildman–Crippen MR) is 71.0 cm³/mol. The molecule has 108 valence electrons. The molecule has 3 rings (SSSR count). The lowest BCUT2D eigenvalue weighted by Crippen LogP contribution is -2.32. The van der Waals surface area contributed by atoms with Crippen LogP contribution in [0.1, 0.15) is 29.5 Å². The number of hydrogen-bond acceptors (Lipinski definition) is 4. The van der Waals surface area contributed by atoms with Gasteiger partial charge in [0.1, 0.15) is 5.69 Å². The molecule has 1 aromatic rings. The van der Waals surface area contributed by atoms with Crippen molar-refractivity contribution in [2.24, 2.45) is 18.9 Å². The molecule has 2 atom stereocenters. The summed E-state index contributed by atoms with van der Waals surface area (Å²) in [4.78, 5) is 25.8. The lowest BCUT2D eigenvalue weighted by molar-refractivity contribution is -0.141. The monoisotopic (exact) mass is 277 g/mol. The molecule has 0 radical (unpaired) electrons. The number of amides is 1. The van der Waals surface area contributed by atoms with Crippen LogP contribution in [0.25, 0.3) is 0 Å². The third kappa shape index (κ3) is 2.09. The smallest absolute Gasteiger partial charge is 0.311 e. The zero-order valence-corrected chi connectivity index (χ0v) is 11.8. The molecule has 0 aromatic carbocycles. The topological polar surface area (TPSA) is 64.4 Å². The fourth-order valence-corrected chi connectivity index (χ4v) is 3.04. The summed E-state index contributed by atoms with van der Waals surface area (Å²) in [7, 11) is 1.79. The van der Waals surface area contributed by atoms with Gasteiger partial charge in [-0.1, -0.05) is 13.3 Å². The standard InChI is InChI=1S/C14H19N3O3/c1-3-4-10-5-12(16(2)15-10)13(18)17-6-9-8-20-14(19)11(9)7-17/h5,9,11H,3-4,6-8H2,1-2H3/t9-,11-/m1/s1. The maximum absolute atomic E-state index is 12.5. The molecule has 20 heavy (non-hydrogen) atoms. The summed E-state index contributed by atoms with van der Waals surface area (Å²) < 4.78 is 6.66. The Balaban J connectivity index is 1.75. The second-order valence-electron chi connectivity index (χ2n) is 5.60. The molecule has 1 amide bonds. The van der Waals surface area contributed by atoms with Gasteiger partial charge in [-0.2, -0.15) is 5.10 Å². The summed E-state index contributed by atoms with van der Waals surface area (Å²) in [5, 5.41) is 4.36. The fourth-order valence-electron chi connectivity index (χ4n) is 3.04. The fraction of sp³-hybridized carbons (Fsp3) is 0.643. The van der Waals surface area contributed by atoms with Gasteiger partial charge in [-0.15, -0.1) is 0 Å². The zero-order chi connectivity index (χ0) is 14.3. The Kier molecular flexibility index (Phi) is 3.23. The van der Waals surface area contributed by atoms with E-state index in [-0.39, 0.29) is 23.7 Å². The zero-order valence-electron chi connectivity index (χ0n) is 11.8. The van der Waals surface area contributed by atoms with Gasteiger partial charge in [-0.05, 0) is 12.5 Å². The third-order valence-corrected chi connectivity index (χ3v) is 4.13. The quantitative estimate of drug-likeness (QED) is 0.760. The summed E-state index contributed by atoms with van der Waals surface area (Å²) in [6.07, 6.45) is 1.88. The van der Waals surface area contributed by atoms with Crippen molar-refractivity contribution in [3.8, 4) is 0 Å². The van der Waals surface area contributed by atoms with Crippen LogP contribution in [0, 0.1) is 11.8 Å². The van der Waals surface area contributed by atoms with E-state index in [1.807, 2.05) is 6.07 Å². The van der Waals surface area contributed by atoms with E-state index in [4.69, 9.17) is 4.74 Å². The third-order valence-electron chi connectivity index (χ3n) is 4.13. The molecule has 3 heterocycles. The summed E-state index contributed by atoms with van der Waals surface area (Å²) >= 11 is 0. The van der Waals surface area contributed by atoms with Crippen molar-refractivity contribution in [1.29, 1.82) is 0 Å². The number of rotatable bonds is 3. The number of cyclic esters (lactones) is 1. The summed E-state index contributed by atoms with van der Waals surface area (Å²) in [6.45, 7) is 3.60. The van der Waals surface area contributed by atoms with E-state index in [0.29, 0.717) is 25.4 Å². The van der Waals surface area contributed by atoms with Crippen molar-refractivity contribution in [1.82, 2.24) is 14.7 Å². The Morgan fingerprint density at radius 3 is 3.00 bits per heavy atom. The first kappa shape index (κ1) is 13.1. The van der Waals surface area contributed by atoms with Crippen LogP contribution >= 0.6 is 0 Å². The van der Waals surface area contributed by atoms with Crippen molar-refractivity contribution in [3.63, 3.8) is 0 Å². The first-order chi connectivity index (χ1) is 9.60. The van der Waals surface area contributed by atoms with Crippen LogP contribution in [0.2, 0.25) is 0 Å². The molecule has 0 unspecified atom stereocenters. The molecule has 0 aliphatic carbocycles. The number of likely N-dealkylation sites (tertiary alicyclic amines) is 1. The highest BCUT2D eigenvalue weighted by Crippen LogP contribution is 2.31. The molecular weight excluding hydrogens is 258 g/mol. The Bertz CT molecular complexity index is 552. The van der Waals surface area contributed by atoms with Crippen molar-refractivity contribution in [3.05, 3.63) is 17.5 Å². The summed E-state index contributed by atoms with van der Waals surface area (Å²) in [5.41, 5.74) is 1.54. The first-order valence-corrected chi connectivity index (χ1v) is 7.09. The molecule has 2 fully saturated rings. The Morgan fingerprint density at radius 2 is 2.30 bits per heavy atom. The largest absolute Gasteiger partial charge is 0.465 e. The van der Waals surface area contributed by atoms with Crippen LogP contribution in [0.15, 0.2) is 6.07 Å². The number of fused-ring (bicyclic) bond motifs is 1. The predicted octanol–water partition coefficient (Wildman–Crippen LogP) is 0.618. The van der Waals surface area contributed by atoms with Gasteiger partial charge in [-0.3, -0.25) is 14.3 Å². The summed E-state index contributed by atoms with van der Waals surface area (Å²) in [5.74, 6) is -0.177. The summed E-state index contributed by atoms with van der Waals surface area (Å²) in [6, 6.07) is 1.86. The van der Waals surface area contributed by atoms with Gasteiger partial charge in [0, 0.05) is 26.1 Å². The van der Waals surface area contributed by atoms with E-state index in [0.717, 1.165) is 18.5 Å².